The number of ether oxygens (including phenoxy) is 1. The Balaban J connectivity index is 1.42. The van der Waals surface area contributed by atoms with Gasteiger partial charge in [0.05, 0.1) is 17.5 Å². The average Bonchev–Trinajstić information content (AvgIpc) is 3.26. The molecule has 2 aromatic carbocycles. The fourth-order valence-electron chi connectivity index (χ4n) is 4.13. The highest BCUT2D eigenvalue weighted by Gasteiger charge is 2.51. The van der Waals surface area contributed by atoms with Gasteiger partial charge in [-0.15, -0.1) is 0 Å². The minimum absolute atomic E-state index is 0.103. The van der Waals surface area contributed by atoms with Crippen LogP contribution in [0, 0.1) is 5.92 Å². The van der Waals surface area contributed by atoms with Gasteiger partial charge >= 0.3 is 0 Å². The van der Waals surface area contributed by atoms with Gasteiger partial charge in [0.2, 0.25) is 11.8 Å². The molecule has 1 aliphatic heterocycles. The number of nitrogens with one attached hydrogen (secondary N) is 1. The number of para-hydroxylation sites is 1. The molecule has 0 bridgehead atoms. The molecule has 0 saturated carbocycles. The molecule has 0 spiro atoms. The maximum atomic E-state index is 13.0. The van der Waals surface area contributed by atoms with Gasteiger partial charge in [-0.2, -0.15) is 0 Å². The van der Waals surface area contributed by atoms with Crippen molar-refractivity contribution in [2.45, 2.75) is 18.8 Å². The quantitative estimate of drug-likeness (QED) is 0.719. The summed E-state index contributed by atoms with van der Waals surface area (Å²) in [6.45, 7) is 0. The minimum atomic E-state index is -0.368. The number of aromatic nitrogens is 1. The van der Waals surface area contributed by atoms with E-state index >= 15 is 0 Å². The lowest BCUT2D eigenvalue weighted by atomic mass is 9.79. The Morgan fingerprint density at radius 2 is 1.63 bits per heavy atom. The van der Waals surface area contributed by atoms with Gasteiger partial charge in [0.15, 0.2) is 0 Å². The summed E-state index contributed by atoms with van der Waals surface area (Å²) in [7, 11) is 0. The summed E-state index contributed by atoms with van der Waals surface area (Å²) >= 11 is 0. The first-order valence-electron chi connectivity index (χ1n) is 9.09. The topological polar surface area (TPSA) is 62.4 Å². The summed E-state index contributed by atoms with van der Waals surface area (Å²) in [4.78, 5) is 30.5. The highest BCUT2D eigenvalue weighted by atomic mass is 16.5. The van der Waals surface area contributed by atoms with Crippen molar-refractivity contribution in [3.05, 3.63) is 78.1 Å². The molecule has 2 heterocycles. The Labute approximate surface area is 156 Å². The van der Waals surface area contributed by atoms with E-state index in [2.05, 4.69) is 4.98 Å². The van der Waals surface area contributed by atoms with Crippen molar-refractivity contribution < 1.29 is 14.3 Å². The summed E-state index contributed by atoms with van der Waals surface area (Å²) in [6.07, 6.45) is 3.36. The zero-order valence-corrected chi connectivity index (χ0v) is 14.6. The molecule has 2 amide bonds. The summed E-state index contributed by atoms with van der Waals surface area (Å²) in [5.74, 6) is 0.531. The molecule has 1 aromatic heterocycles. The standard InChI is InChI=1S/C22H18N2O3/c25-21-18-10-11-19-17(12-13-23-19)20(18)22(26)24(21)14-6-8-16(9-7-14)27-15-4-2-1-3-5-15/h1-9,12-13,18,20,23H,10-11H2/t18-,20+/m0/s1. The van der Waals surface area contributed by atoms with Gasteiger partial charge in [0, 0.05) is 11.9 Å². The van der Waals surface area contributed by atoms with Crippen LogP contribution in [0.4, 0.5) is 5.69 Å². The molecule has 1 fully saturated rings. The van der Waals surface area contributed by atoms with E-state index in [0.717, 1.165) is 23.4 Å². The van der Waals surface area contributed by atoms with Crippen LogP contribution in [0.25, 0.3) is 0 Å². The number of fused-ring (bicyclic) bond motifs is 3. The second-order valence-electron chi connectivity index (χ2n) is 6.96. The van der Waals surface area contributed by atoms with Gasteiger partial charge in [-0.25, -0.2) is 4.90 Å². The van der Waals surface area contributed by atoms with E-state index in [1.54, 1.807) is 24.3 Å². The average molecular weight is 358 g/mol. The minimum Gasteiger partial charge on any atom is -0.457 e. The molecule has 0 radical (unpaired) electrons. The number of carbonyl (C=O) groups excluding carboxylic acids is 2. The van der Waals surface area contributed by atoms with Gasteiger partial charge in [0.1, 0.15) is 11.5 Å². The number of aromatic amines is 1. The van der Waals surface area contributed by atoms with Crippen LogP contribution >= 0.6 is 0 Å². The van der Waals surface area contributed by atoms with E-state index in [1.165, 1.54) is 4.90 Å². The maximum Gasteiger partial charge on any atom is 0.242 e. The van der Waals surface area contributed by atoms with Crippen molar-refractivity contribution in [3.63, 3.8) is 0 Å². The van der Waals surface area contributed by atoms with Crippen molar-refractivity contribution in [1.29, 1.82) is 0 Å². The number of anilines is 1. The first-order valence-corrected chi connectivity index (χ1v) is 9.09. The van der Waals surface area contributed by atoms with Crippen LogP contribution in [0.3, 0.4) is 0 Å². The third-order valence-corrected chi connectivity index (χ3v) is 5.41. The van der Waals surface area contributed by atoms with Crippen molar-refractivity contribution in [1.82, 2.24) is 4.98 Å². The summed E-state index contributed by atoms with van der Waals surface area (Å²) in [5, 5.41) is 0. The van der Waals surface area contributed by atoms with Crippen LogP contribution in [0.1, 0.15) is 23.6 Å². The van der Waals surface area contributed by atoms with Crippen LogP contribution < -0.4 is 9.64 Å². The number of H-pyrrole nitrogens is 1. The number of benzene rings is 2. The highest BCUT2D eigenvalue weighted by Crippen LogP contribution is 2.44. The van der Waals surface area contributed by atoms with Gasteiger partial charge in [0.25, 0.3) is 0 Å². The second kappa shape index (κ2) is 6.13. The Morgan fingerprint density at radius 1 is 0.889 bits per heavy atom. The summed E-state index contributed by atoms with van der Waals surface area (Å²) in [6, 6.07) is 18.5. The first-order chi connectivity index (χ1) is 13.2. The molecule has 3 aromatic rings. The number of hydrogen-bond acceptors (Lipinski definition) is 3. The smallest absolute Gasteiger partial charge is 0.242 e. The number of nitrogens with zero attached hydrogens (tertiary/aromatic N) is 1. The third kappa shape index (κ3) is 2.54. The van der Waals surface area contributed by atoms with Crippen LogP contribution in [0.15, 0.2) is 66.9 Å². The number of amides is 2. The highest BCUT2D eigenvalue weighted by molar-refractivity contribution is 6.24. The van der Waals surface area contributed by atoms with Gasteiger partial charge in [-0.05, 0) is 60.9 Å². The van der Waals surface area contributed by atoms with Gasteiger partial charge in [-0.1, -0.05) is 18.2 Å². The first kappa shape index (κ1) is 15.9. The molecule has 5 heteroatoms. The molecule has 1 saturated heterocycles. The van der Waals surface area contributed by atoms with Crippen LogP contribution in [-0.2, 0) is 16.0 Å². The normalized spacial score (nSPS) is 21.1. The predicted octanol–water partition coefficient (Wildman–Crippen LogP) is 4.03. The van der Waals surface area contributed by atoms with E-state index in [9.17, 15) is 9.59 Å². The lowest BCUT2D eigenvalue weighted by Crippen LogP contribution is -2.30. The van der Waals surface area contributed by atoms with E-state index in [0.29, 0.717) is 17.9 Å². The number of aryl methyl sites for hydroxylation is 1. The molecule has 2 atom stereocenters. The Kier molecular flexibility index (Phi) is 3.60. The van der Waals surface area contributed by atoms with Crippen molar-refractivity contribution in [3.8, 4) is 11.5 Å². The van der Waals surface area contributed by atoms with Crippen molar-refractivity contribution in [2.24, 2.45) is 5.92 Å². The molecule has 27 heavy (non-hydrogen) atoms. The van der Waals surface area contributed by atoms with Crippen LogP contribution in [-0.4, -0.2) is 16.8 Å². The molecular weight excluding hydrogens is 340 g/mol. The van der Waals surface area contributed by atoms with E-state index < -0.39 is 0 Å². The molecule has 0 unspecified atom stereocenters. The largest absolute Gasteiger partial charge is 0.457 e. The number of carbonyl (C=O) groups is 2. The van der Waals surface area contributed by atoms with Gasteiger partial charge < -0.3 is 9.72 Å². The Hall–Kier alpha value is -3.34. The Morgan fingerprint density at radius 3 is 2.41 bits per heavy atom. The molecule has 134 valence electrons. The predicted molar refractivity (Wildman–Crippen MR) is 101 cm³/mol. The molecule has 5 nitrogen and oxygen atoms in total. The SMILES string of the molecule is O=C1[C@H]2CCc3[nH]ccc3[C@H]2C(=O)N1c1ccc(Oc2ccccc2)cc1. The second-order valence-corrected chi connectivity index (χ2v) is 6.96. The number of hydrogen-bond donors (Lipinski definition) is 1. The van der Waals surface area contributed by atoms with E-state index in [-0.39, 0.29) is 23.7 Å². The molecular formula is C22H18N2O3. The molecule has 1 N–H and O–H groups in total. The fourth-order valence-corrected chi connectivity index (χ4v) is 4.13. The third-order valence-electron chi connectivity index (χ3n) is 5.41. The van der Waals surface area contributed by atoms with Crippen LogP contribution in [0.2, 0.25) is 0 Å². The zero-order chi connectivity index (χ0) is 18.4. The fraction of sp³-hybridized carbons (Fsp3) is 0.182. The van der Waals surface area contributed by atoms with Crippen LogP contribution in [0.5, 0.6) is 11.5 Å². The number of imide groups is 1. The summed E-state index contributed by atoms with van der Waals surface area (Å²) < 4.78 is 5.79. The van der Waals surface area contributed by atoms with Crippen molar-refractivity contribution >= 4 is 17.5 Å². The number of rotatable bonds is 3. The summed E-state index contributed by atoms with van der Waals surface area (Å²) in [5.41, 5.74) is 2.64. The molecule has 5 rings (SSSR count). The van der Waals surface area contributed by atoms with Crippen molar-refractivity contribution in [2.75, 3.05) is 4.90 Å². The zero-order valence-electron chi connectivity index (χ0n) is 14.6. The van der Waals surface area contributed by atoms with Gasteiger partial charge in [-0.3, -0.25) is 9.59 Å². The van der Waals surface area contributed by atoms with E-state index in [1.807, 2.05) is 42.6 Å². The lowest BCUT2D eigenvalue weighted by molar-refractivity contribution is -0.122. The molecule has 2 aliphatic rings. The Bertz CT molecular complexity index is 1010. The maximum absolute atomic E-state index is 13.0. The lowest BCUT2D eigenvalue weighted by Gasteiger charge is -2.21. The van der Waals surface area contributed by atoms with E-state index in [4.69, 9.17) is 4.74 Å². The molecule has 1 aliphatic carbocycles. The monoisotopic (exact) mass is 358 g/mol.